The molecular formula is C15H13FN4OS2. The SMILES string of the molecule is CS(=O)c1nccc(-c2sc(CN)nc2-c2ccc(F)cc2)n1. The van der Waals surface area contributed by atoms with E-state index in [4.69, 9.17) is 5.73 Å². The van der Waals surface area contributed by atoms with Crippen molar-refractivity contribution >= 4 is 22.1 Å². The topological polar surface area (TPSA) is 81.8 Å². The normalized spacial score (nSPS) is 12.3. The van der Waals surface area contributed by atoms with Crippen LogP contribution in [0, 0.1) is 5.82 Å². The Morgan fingerprint density at radius 1 is 1.22 bits per heavy atom. The molecule has 0 aliphatic carbocycles. The summed E-state index contributed by atoms with van der Waals surface area (Å²) < 4.78 is 24.7. The summed E-state index contributed by atoms with van der Waals surface area (Å²) in [5, 5.41) is 1.01. The molecule has 0 aliphatic heterocycles. The number of halogens is 1. The largest absolute Gasteiger partial charge is 0.325 e. The summed E-state index contributed by atoms with van der Waals surface area (Å²) in [6, 6.07) is 7.82. The average molecular weight is 348 g/mol. The Balaban J connectivity index is 2.15. The zero-order valence-corrected chi connectivity index (χ0v) is 13.8. The number of thiazole rings is 1. The van der Waals surface area contributed by atoms with E-state index in [9.17, 15) is 8.60 Å². The van der Waals surface area contributed by atoms with E-state index in [1.165, 1.54) is 29.7 Å². The van der Waals surface area contributed by atoms with Gasteiger partial charge < -0.3 is 5.73 Å². The molecule has 1 unspecified atom stereocenters. The van der Waals surface area contributed by atoms with Crippen LogP contribution in [-0.4, -0.2) is 25.4 Å². The Kier molecular flexibility index (Phi) is 4.56. The second kappa shape index (κ2) is 6.61. The molecule has 0 saturated heterocycles. The van der Waals surface area contributed by atoms with Crippen molar-refractivity contribution in [3.8, 4) is 21.8 Å². The van der Waals surface area contributed by atoms with Crippen LogP contribution < -0.4 is 5.73 Å². The molecule has 0 amide bonds. The molecule has 3 aromatic rings. The zero-order chi connectivity index (χ0) is 16.4. The fourth-order valence-corrected chi connectivity index (χ4v) is 3.41. The summed E-state index contributed by atoms with van der Waals surface area (Å²) in [6.07, 6.45) is 3.09. The van der Waals surface area contributed by atoms with Crippen molar-refractivity contribution in [3.05, 3.63) is 47.4 Å². The van der Waals surface area contributed by atoms with Crippen molar-refractivity contribution in [3.63, 3.8) is 0 Å². The van der Waals surface area contributed by atoms with Gasteiger partial charge in [0.2, 0.25) is 5.16 Å². The fourth-order valence-electron chi connectivity index (χ4n) is 2.03. The third kappa shape index (κ3) is 3.34. The van der Waals surface area contributed by atoms with Gasteiger partial charge >= 0.3 is 0 Å². The average Bonchev–Trinajstić information content (AvgIpc) is 3.00. The van der Waals surface area contributed by atoms with Crippen molar-refractivity contribution in [1.29, 1.82) is 0 Å². The lowest BCUT2D eigenvalue weighted by molar-refractivity contribution is 0.628. The lowest BCUT2D eigenvalue weighted by atomic mass is 10.1. The maximum atomic E-state index is 13.1. The molecule has 0 fully saturated rings. The predicted molar refractivity (Wildman–Crippen MR) is 88.8 cm³/mol. The Morgan fingerprint density at radius 2 is 1.96 bits per heavy atom. The van der Waals surface area contributed by atoms with Crippen molar-refractivity contribution in [2.24, 2.45) is 5.73 Å². The molecule has 0 bridgehead atoms. The molecule has 1 aromatic carbocycles. The highest BCUT2D eigenvalue weighted by Crippen LogP contribution is 2.35. The number of hydrogen-bond donors (Lipinski definition) is 1. The minimum atomic E-state index is -1.27. The van der Waals surface area contributed by atoms with Gasteiger partial charge in [0.05, 0.1) is 27.1 Å². The van der Waals surface area contributed by atoms with Gasteiger partial charge in [-0.15, -0.1) is 11.3 Å². The highest BCUT2D eigenvalue weighted by molar-refractivity contribution is 7.84. The van der Waals surface area contributed by atoms with Crippen LogP contribution in [0.4, 0.5) is 4.39 Å². The van der Waals surface area contributed by atoms with Crippen molar-refractivity contribution in [2.75, 3.05) is 6.26 Å². The maximum Gasteiger partial charge on any atom is 0.218 e. The summed E-state index contributed by atoms with van der Waals surface area (Å²) >= 11 is 1.41. The Bertz CT molecular complexity index is 864. The van der Waals surface area contributed by atoms with Gasteiger partial charge in [-0.2, -0.15) is 0 Å². The Morgan fingerprint density at radius 3 is 2.61 bits per heavy atom. The molecule has 118 valence electrons. The summed E-state index contributed by atoms with van der Waals surface area (Å²) in [6.45, 7) is 0.302. The number of nitrogens with two attached hydrogens (primary N) is 1. The zero-order valence-electron chi connectivity index (χ0n) is 12.2. The van der Waals surface area contributed by atoms with E-state index in [1.54, 1.807) is 24.4 Å². The highest BCUT2D eigenvalue weighted by atomic mass is 32.2. The van der Waals surface area contributed by atoms with E-state index in [-0.39, 0.29) is 11.0 Å². The monoisotopic (exact) mass is 348 g/mol. The minimum absolute atomic E-state index is 0.259. The number of aromatic nitrogens is 3. The fraction of sp³-hybridized carbons (Fsp3) is 0.133. The van der Waals surface area contributed by atoms with Crippen LogP contribution in [0.3, 0.4) is 0 Å². The summed E-state index contributed by atoms with van der Waals surface area (Å²) in [5.74, 6) is -0.310. The van der Waals surface area contributed by atoms with E-state index < -0.39 is 10.8 Å². The standard InChI is InChI=1S/C15H13FN4OS2/c1-23(21)15-18-7-6-11(19-15)14-13(20-12(8-17)22-14)9-2-4-10(16)5-3-9/h2-7H,8,17H2,1H3. The molecular weight excluding hydrogens is 335 g/mol. The van der Waals surface area contributed by atoms with E-state index in [2.05, 4.69) is 15.0 Å². The van der Waals surface area contributed by atoms with E-state index >= 15 is 0 Å². The van der Waals surface area contributed by atoms with E-state index in [0.717, 1.165) is 15.4 Å². The van der Waals surface area contributed by atoms with Crippen LogP contribution in [0.15, 0.2) is 41.7 Å². The summed E-state index contributed by atoms with van der Waals surface area (Å²) in [5.41, 5.74) is 7.78. The predicted octanol–water partition coefficient (Wildman–Crippen LogP) is 2.60. The first-order chi connectivity index (χ1) is 11.1. The van der Waals surface area contributed by atoms with Gasteiger partial charge in [-0.25, -0.2) is 19.3 Å². The summed E-state index contributed by atoms with van der Waals surface area (Å²) in [4.78, 5) is 13.7. The van der Waals surface area contributed by atoms with E-state index in [1.807, 2.05) is 0 Å². The Labute approximate surface area is 138 Å². The first-order valence-electron chi connectivity index (χ1n) is 6.71. The van der Waals surface area contributed by atoms with Crippen molar-refractivity contribution in [1.82, 2.24) is 15.0 Å². The van der Waals surface area contributed by atoms with Crippen molar-refractivity contribution in [2.45, 2.75) is 11.7 Å². The number of benzene rings is 1. The van der Waals surface area contributed by atoms with E-state index in [0.29, 0.717) is 17.9 Å². The lowest BCUT2D eigenvalue weighted by Gasteiger charge is -2.03. The molecule has 0 aliphatic rings. The van der Waals surface area contributed by atoms with Crippen LogP contribution in [0.25, 0.3) is 21.8 Å². The molecule has 0 radical (unpaired) electrons. The van der Waals surface area contributed by atoms with Gasteiger partial charge in [0, 0.05) is 24.6 Å². The molecule has 8 heteroatoms. The summed E-state index contributed by atoms with van der Waals surface area (Å²) in [7, 11) is -1.27. The molecule has 2 N–H and O–H groups in total. The van der Waals surface area contributed by atoms with Gasteiger partial charge in [-0.3, -0.25) is 4.21 Å². The van der Waals surface area contributed by atoms with Crippen LogP contribution in [0.1, 0.15) is 5.01 Å². The molecule has 0 spiro atoms. The first kappa shape index (κ1) is 15.9. The molecule has 1 atom stereocenters. The molecule has 2 heterocycles. The number of nitrogens with zero attached hydrogens (tertiary/aromatic N) is 3. The maximum absolute atomic E-state index is 13.1. The van der Waals surface area contributed by atoms with Gasteiger partial charge in [-0.1, -0.05) is 0 Å². The quantitative estimate of drug-likeness (QED) is 0.733. The number of hydrogen-bond acceptors (Lipinski definition) is 6. The smallest absolute Gasteiger partial charge is 0.218 e. The molecule has 23 heavy (non-hydrogen) atoms. The highest BCUT2D eigenvalue weighted by Gasteiger charge is 2.16. The second-order valence-corrected chi connectivity index (χ2v) is 7.03. The van der Waals surface area contributed by atoms with Crippen molar-refractivity contribution < 1.29 is 8.60 Å². The van der Waals surface area contributed by atoms with Crippen LogP contribution >= 0.6 is 11.3 Å². The van der Waals surface area contributed by atoms with Crippen LogP contribution in [-0.2, 0) is 17.3 Å². The second-order valence-electron chi connectivity index (χ2n) is 4.67. The lowest BCUT2D eigenvalue weighted by Crippen LogP contribution is -1.97. The molecule has 2 aromatic heterocycles. The van der Waals surface area contributed by atoms with Gasteiger partial charge in [0.1, 0.15) is 10.8 Å². The first-order valence-corrected chi connectivity index (χ1v) is 9.08. The van der Waals surface area contributed by atoms with Gasteiger partial charge in [0.15, 0.2) is 0 Å². The minimum Gasteiger partial charge on any atom is -0.325 e. The van der Waals surface area contributed by atoms with Gasteiger partial charge in [-0.05, 0) is 30.3 Å². The Hall–Kier alpha value is -2.03. The number of rotatable bonds is 4. The third-order valence-corrected chi connectivity index (χ3v) is 4.90. The molecule has 5 nitrogen and oxygen atoms in total. The molecule has 3 rings (SSSR count). The third-order valence-electron chi connectivity index (χ3n) is 3.09. The van der Waals surface area contributed by atoms with Gasteiger partial charge in [0.25, 0.3) is 0 Å². The van der Waals surface area contributed by atoms with Crippen LogP contribution in [0.5, 0.6) is 0 Å². The molecule has 0 saturated carbocycles. The van der Waals surface area contributed by atoms with Crippen LogP contribution in [0.2, 0.25) is 0 Å².